The number of fused-ring (bicyclic) bond motifs is 1. The summed E-state index contributed by atoms with van der Waals surface area (Å²) in [5.74, 6) is 0.218. The Kier molecular flexibility index (Phi) is 3.86. The van der Waals surface area contributed by atoms with Crippen molar-refractivity contribution in [3.05, 3.63) is 48.5 Å². The smallest absolute Gasteiger partial charge is 0.182 e. The van der Waals surface area contributed by atoms with E-state index in [4.69, 9.17) is 10.5 Å². The van der Waals surface area contributed by atoms with Gasteiger partial charge in [-0.2, -0.15) is 0 Å². The summed E-state index contributed by atoms with van der Waals surface area (Å²) in [6.07, 6.45) is 2.66. The van der Waals surface area contributed by atoms with Crippen LogP contribution in [0, 0.1) is 5.92 Å². The molecule has 6 nitrogen and oxygen atoms in total. The lowest BCUT2D eigenvalue weighted by atomic mass is 9.78. The van der Waals surface area contributed by atoms with E-state index in [1.54, 1.807) is 10.9 Å². The zero-order valence-electron chi connectivity index (χ0n) is 13.0. The number of alkyl halides is 1. The summed E-state index contributed by atoms with van der Waals surface area (Å²) in [5.41, 5.74) is 8.08. The number of benzene rings is 1. The minimum atomic E-state index is -0.988. The molecule has 24 heavy (non-hydrogen) atoms. The van der Waals surface area contributed by atoms with E-state index in [1.807, 2.05) is 30.3 Å². The number of anilines is 1. The Morgan fingerprint density at radius 1 is 1.21 bits per heavy atom. The fourth-order valence-corrected chi connectivity index (χ4v) is 3.17. The first kappa shape index (κ1) is 15.0. The summed E-state index contributed by atoms with van der Waals surface area (Å²) in [5, 5.41) is 0. The molecular weight excluding hydrogens is 309 g/mol. The van der Waals surface area contributed by atoms with E-state index >= 15 is 0 Å². The Bertz CT molecular complexity index is 837. The van der Waals surface area contributed by atoms with Gasteiger partial charge in [0.15, 0.2) is 11.5 Å². The Hall–Kier alpha value is -2.54. The largest absolute Gasteiger partial charge is 0.382 e. The van der Waals surface area contributed by atoms with E-state index in [0.29, 0.717) is 36.6 Å². The van der Waals surface area contributed by atoms with Crippen molar-refractivity contribution in [3.8, 4) is 0 Å². The molecule has 1 saturated carbocycles. The van der Waals surface area contributed by atoms with Gasteiger partial charge in [-0.1, -0.05) is 30.3 Å². The molecule has 2 aromatic heterocycles. The van der Waals surface area contributed by atoms with Crippen LogP contribution in [-0.4, -0.2) is 32.3 Å². The molecule has 0 amide bonds. The molecule has 0 saturated heterocycles. The highest BCUT2D eigenvalue weighted by molar-refractivity contribution is 5.81. The molecule has 2 N–H and O–H groups in total. The van der Waals surface area contributed by atoms with E-state index in [1.165, 1.54) is 6.33 Å². The van der Waals surface area contributed by atoms with E-state index in [9.17, 15) is 4.39 Å². The molecule has 0 radical (unpaired) electrons. The molecule has 124 valence electrons. The van der Waals surface area contributed by atoms with Crippen LogP contribution < -0.4 is 5.73 Å². The second kappa shape index (κ2) is 6.16. The Labute approximate surface area is 138 Å². The van der Waals surface area contributed by atoms with Gasteiger partial charge in [-0.3, -0.25) is 0 Å². The van der Waals surface area contributed by atoms with Crippen LogP contribution in [0.25, 0.3) is 11.2 Å². The van der Waals surface area contributed by atoms with Crippen LogP contribution in [-0.2, 0) is 11.3 Å². The highest BCUT2D eigenvalue weighted by atomic mass is 19.1. The second-order valence-corrected chi connectivity index (χ2v) is 6.09. The second-order valence-electron chi connectivity index (χ2n) is 6.09. The number of rotatable bonds is 5. The molecule has 0 aliphatic heterocycles. The van der Waals surface area contributed by atoms with Crippen molar-refractivity contribution in [1.29, 1.82) is 0 Å². The molecule has 0 spiro atoms. The molecule has 1 aliphatic carbocycles. The number of nitrogens with zero attached hydrogens (tertiary/aromatic N) is 4. The lowest BCUT2D eigenvalue weighted by Gasteiger charge is -2.40. The quantitative estimate of drug-likeness (QED) is 0.779. The maximum Gasteiger partial charge on any atom is 0.182 e. The third-order valence-electron chi connectivity index (χ3n) is 4.56. The average Bonchev–Trinajstić information content (AvgIpc) is 3.03. The standard InChI is InChI=1S/C17H18FN5O/c18-14-12(8-24-7-11-4-2-1-3-5-11)6-13(14)23-10-22-17-15(23)16(19)20-9-21-17/h1-5,9-10,12-14H,6-8H2,(H2,19,20,21)/t12-,13-,14?/m1/s1. The minimum absolute atomic E-state index is 0.109. The number of aromatic nitrogens is 4. The van der Waals surface area contributed by atoms with Crippen LogP contribution in [0.2, 0.25) is 0 Å². The van der Waals surface area contributed by atoms with Gasteiger partial charge in [0.25, 0.3) is 0 Å². The Morgan fingerprint density at radius 3 is 2.83 bits per heavy atom. The molecule has 0 bridgehead atoms. The summed E-state index contributed by atoms with van der Waals surface area (Å²) >= 11 is 0. The average molecular weight is 327 g/mol. The van der Waals surface area contributed by atoms with Crippen LogP contribution in [0.4, 0.5) is 10.2 Å². The lowest BCUT2D eigenvalue weighted by molar-refractivity contribution is -0.0288. The van der Waals surface area contributed by atoms with Crippen LogP contribution in [0.3, 0.4) is 0 Å². The predicted molar refractivity (Wildman–Crippen MR) is 87.9 cm³/mol. The Morgan fingerprint density at radius 2 is 2.04 bits per heavy atom. The van der Waals surface area contributed by atoms with Gasteiger partial charge in [0.05, 0.1) is 25.6 Å². The first-order valence-electron chi connectivity index (χ1n) is 7.93. The number of imidazole rings is 1. The normalized spacial score (nSPS) is 23.3. The van der Waals surface area contributed by atoms with Gasteiger partial charge in [0.2, 0.25) is 0 Å². The van der Waals surface area contributed by atoms with E-state index in [2.05, 4.69) is 15.0 Å². The maximum atomic E-state index is 14.6. The molecule has 3 aromatic rings. The topological polar surface area (TPSA) is 78.9 Å². The fraction of sp³-hybridized carbons (Fsp3) is 0.353. The van der Waals surface area contributed by atoms with E-state index < -0.39 is 6.17 Å². The number of hydrogen-bond acceptors (Lipinski definition) is 5. The summed E-state index contributed by atoms with van der Waals surface area (Å²) in [6, 6.07) is 9.60. The van der Waals surface area contributed by atoms with E-state index in [-0.39, 0.29) is 12.0 Å². The summed E-state index contributed by atoms with van der Waals surface area (Å²) < 4.78 is 22.0. The van der Waals surface area contributed by atoms with Crippen molar-refractivity contribution >= 4 is 17.0 Å². The summed E-state index contributed by atoms with van der Waals surface area (Å²) in [6.45, 7) is 0.911. The van der Waals surface area contributed by atoms with Crippen LogP contribution >= 0.6 is 0 Å². The van der Waals surface area contributed by atoms with Crippen molar-refractivity contribution in [2.75, 3.05) is 12.3 Å². The first-order chi connectivity index (χ1) is 11.7. The van der Waals surface area contributed by atoms with Gasteiger partial charge in [-0.25, -0.2) is 19.3 Å². The highest BCUT2D eigenvalue weighted by Crippen LogP contribution is 2.42. The first-order valence-corrected chi connectivity index (χ1v) is 7.93. The van der Waals surface area contributed by atoms with Gasteiger partial charge in [-0.15, -0.1) is 0 Å². The van der Waals surface area contributed by atoms with Crippen molar-refractivity contribution < 1.29 is 9.13 Å². The molecule has 4 rings (SSSR count). The Balaban J connectivity index is 1.38. The fourth-order valence-electron chi connectivity index (χ4n) is 3.17. The van der Waals surface area contributed by atoms with E-state index in [0.717, 1.165) is 5.56 Å². The van der Waals surface area contributed by atoms with Gasteiger partial charge >= 0.3 is 0 Å². The summed E-state index contributed by atoms with van der Waals surface area (Å²) in [7, 11) is 0. The monoisotopic (exact) mass is 327 g/mol. The van der Waals surface area contributed by atoms with Crippen LogP contribution in [0.1, 0.15) is 18.0 Å². The maximum absolute atomic E-state index is 14.6. The third kappa shape index (κ3) is 2.60. The van der Waals surface area contributed by atoms with Crippen molar-refractivity contribution in [2.24, 2.45) is 5.92 Å². The predicted octanol–water partition coefficient (Wildman–Crippen LogP) is 2.52. The minimum Gasteiger partial charge on any atom is -0.382 e. The number of nitrogens with two attached hydrogens (primary N) is 1. The number of hydrogen-bond donors (Lipinski definition) is 1. The van der Waals surface area contributed by atoms with Gasteiger partial charge in [0.1, 0.15) is 18.0 Å². The van der Waals surface area contributed by atoms with Crippen molar-refractivity contribution in [3.63, 3.8) is 0 Å². The number of nitrogen functional groups attached to an aromatic ring is 1. The van der Waals surface area contributed by atoms with Crippen molar-refractivity contribution in [1.82, 2.24) is 19.5 Å². The molecular formula is C17H18FN5O. The number of halogens is 1. The zero-order valence-corrected chi connectivity index (χ0v) is 13.0. The van der Waals surface area contributed by atoms with Crippen LogP contribution in [0.5, 0.6) is 0 Å². The molecule has 2 heterocycles. The van der Waals surface area contributed by atoms with Crippen LogP contribution in [0.15, 0.2) is 43.0 Å². The molecule has 1 unspecified atom stereocenters. The summed E-state index contributed by atoms with van der Waals surface area (Å²) in [4.78, 5) is 12.2. The molecule has 7 heteroatoms. The van der Waals surface area contributed by atoms with Gasteiger partial charge in [0, 0.05) is 5.92 Å². The molecule has 1 aromatic carbocycles. The molecule has 3 atom stereocenters. The lowest BCUT2D eigenvalue weighted by Crippen LogP contribution is -2.42. The van der Waals surface area contributed by atoms with Gasteiger partial charge in [-0.05, 0) is 12.0 Å². The zero-order chi connectivity index (χ0) is 16.5. The SMILES string of the molecule is Nc1ncnc2ncn([C@@H]3C[C@H](COCc4ccccc4)C3F)c12. The highest BCUT2D eigenvalue weighted by Gasteiger charge is 2.43. The molecule has 1 aliphatic rings. The van der Waals surface area contributed by atoms with Gasteiger partial charge < -0.3 is 15.0 Å². The van der Waals surface area contributed by atoms with Crippen molar-refractivity contribution in [2.45, 2.75) is 25.2 Å². The third-order valence-corrected chi connectivity index (χ3v) is 4.56. The number of ether oxygens (including phenoxy) is 1. The molecule has 1 fully saturated rings.